The quantitative estimate of drug-likeness (QED) is 0.623. The summed E-state index contributed by atoms with van der Waals surface area (Å²) in [6, 6.07) is 0.235. The lowest BCUT2D eigenvalue weighted by molar-refractivity contribution is -0.388. The molecule has 1 saturated heterocycles. The third kappa shape index (κ3) is 2.45. The summed E-state index contributed by atoms with van der Waals surface area (Å²) >= 11 is 0. The number of rotatable bonds is 4. The van der Waals surface area contributed by atoms with Crippen molar-refractivity contribution in [2.24, 2.45) is 0 Å². The van der Waals surface area contributed by atoms with Gasteiger partial charge >= 0.3 is 5.82 Å². The number of nitro groups is 1. The molecule has 0 amide bonds. The van der Waals surface area contributed by atoms with Crippen LogP contribution in [0.2, 0.25) is 0 Å². The van der Waals surface area contributed by atoms with Crippen molar-refractivity contribution in [3.63, 3.8) is 0 Å². The van der Waals surface area contributed by atoms with Crippen molar-refractivity contribution in [1.82, 2.24) is 14.9 Å². The molecule has 1 aliphatic rings. The van der Waals surface area contributed by atoms with E-state index in [0.717, 1.165) is 25.9 Å². The maximum absolute atomic E-state index is 11.0. The van der Waals surface area contributed by atoms with E-state index in [9.17, 15) is 10.1 Å². The van der Waals surface area contributed by atoms with Gasteiger partial charge in [0, 0.05) is 26.1 Å². The van der Waals surface area contributed by atoms with Gasteiger partial charge in [0.2, 0.25) is 11.6 Å². The molecule has 1 atom stereocenters. The van der Waals surface area contributed by atoms with Crippen molar-refractivity contribution >= 4 is 11.6 Å². The third-order valence-electron chi connectivity index (χ3n) is 3.27. The van der Waals surface area contributed by atoms with Gasteiger partial charge in [-0.3, -0.25) is 4.57 Å². The average Bonchev–Trinajstić information content (AvgIpc) is 2.67. The fourth-order valence-corrected chi connectivity index (χ4v) is 2.37. The molecule has 1 unspecified atom stereocenters. The van der Waals surface area contributed by atoms with Crippen molar-refractivity contribution in [2.45, 2.75) is 39.3 Å². The van der Waals surface area contributed by atoms with E-state index in [1.165, 1.54) is 0 Å². The lowest BCUT2D eigenvalue weighted by Crippen LogP contribution is -2.39. The Morgan fingerprint density at radius 3 is 3.00 bits per heavy atom. The van der Waals surface area contributed by atoms with Crippen LogP contribution in [-0.2, 0) is 6.54 Å². The maximum atomic E-state index is 11.0. The summed E-state index contributed by atoms with van der Waals surface area (Å²) in [5.74, 6) is 1.14. The average molecular weight is 253 g/mol. The minimum atomic E-state index is -0.419. The van der Waals surface area contributed by atoms with E-state index in [4.69, 9.17) is 0 Å². The predicted octanol–water partition coefficient (Wildman–Crippen LogP) is 1.28. The van der Waals surface area contributed by atoms with Crippen LogP contribution < -0.4 is 10.6 Å². The fourth-order valence-electron chi connectivity index (χ4n) is 2.37. The molecule has 0 saturated carbocycles. The molecule has 7 nitrogen and oxygen atoms in total. The number of imidazole rings is 1. The topological polar surface area (TPSA) is 85.0 Å². The first-order valence-corrected chi connectivity index (χ1v) is 6.32. The second-order valence-electron chi connectivity index (χ2n) is 4.52. The van der Waals surface area contributed by atoms with Gasteiger partial charge in [-0.15, -0.1) is 0 Å². The van der Waals surface area contributed by atoms with Crippen LogP contribution in [0, 0.1) is 17.0 Å². The third-order valence-corrected chi connectivity index (χ3v) is 3.27. The summed E-state index contributed by atoms with van der Waals surface area (Å²) in [6.45, 7) is 6.29. The highest BCUT2D eigenvalue weighted by Crippen LogP contribution is 2.26. The highest BCUT2D eigenvalue weighted by Gasteiger charge is 2.27. The summed E-state index contributed by atoms with van der Waals surface area (Å²) in [5.41, 5.74) is 0. The Bertz CT molecular complexity index is 437. The Kier molecular flexibility index (Phi) is 3.81. The first-order valence-electron chi connectivity index (χ1n) is 6.32. The van der Waals surface area contributed by atoms with E-state index in [2.05, 4.69) is 15.6 Å². The van der Waals surface area contributed by atoms with Crippen molar-refractivity contribution in [2.75, 3.05) is 18.4 Å². The standard InChI is InChI=1S/C11H19N5O2/c1-3-15-8(2)13-11(16(17)18)10(15)14-9-5-4-6-12-7-9/h9,12,14H,3-7H2,1-2H3. The highest BCUT2D eigenvalue weighted by atomic mass is 16.6. The van der Waals surface area contributed by atoms with Crippen LogP contribution in [0.3, 0.4) is 0 Å². The molecular formula is C11H19N5O2. The van der Waals surface area contributed by atoms with Crippen LogP contribution in [0.25, 0.3) is 0 Å². The van der Waals surface area contributed by atoms with Crippen molar-refractivity contribution in [3.8, 4) is 0 Å². The van der Waals surface area contributed by atoms with Crippen LogP contribution >= 0.6 is 0 Å². The second-order valence-corrected chi connectivity index (χ2v) is 4.52. The fraction of sp³-hybridized carbons (Fsp3) is 0.727. The largest absolute Gasteiger partial charge is 0.406 e. The highest BCUT2D eigenvalue weighted by molar-refractivity contribution is 5.54. The van der Waals surface area contributed by atoms with E-state index in [1.807, 2.05) is 11.5 Å². The van der Waals surface area contributed by atoms with E-state index in [1.54, 1.807) is 6.92 Å². The molecule has 2 rings (SSSR count). The second kappa shape index (κ2) is 5.34. The Hall–Kier alpha value is -1.63. The number of piperidine rings is 1. The normalized spacial score (nSPS) is 19.8. The van der Waals surface area contributed by atoms with Crippen LogP contribution in [0.5, 0.6) is 0 Å². The summed E-state index contributed by atoms with van der Waals surface area (Å²) in [6.07, 6.45) is 2.11. The van der Waals surface area contributed by atoms with Gasteiger partial charge in [0.15, 0.2) is 0 Å². The Morgan fingerprint density at radius 1 is 1.67 bits per heavy atom. The summed E-state index contributed by atoms with van der Waals surface area (Å²) in [7, 11) is 0. The lowest BCUT2D eigenvalue weighted by Gasteiger charge is -2.24. The van der Waals surface area contributed by atoms with E-state index < -0.39 is 4.92 Å². The zero-order chi connectivity index (χ0) is 13.1. The minimum Gasteiger partial charge on any atom is -0.360 e. The molecule has 0 aliphatic carbocycles. The predicted molar refractivity (Wildman–Crippen MR) is 68.8 cm³/mol. The number of nitrogens with zero attached hydrogens (tertiary/aromatic N) is 3. The molecule has 1 aromatic heterocycles. The van der Waals surface area contributed by atoms with Gasteiger partial charge in [-0.25, -0.2) is 0 Å². The molecule has 1 aromatic rings. The maximum Gasteiger partial charge on any atom is 0.406 e. The molecule has 0 radical (unpaired) electrons. The molecular weight excluding hydrogens is 234 g/mol. The zero-order valence-electron chi connectivity index (χ0n) is 10.8. The molecule has 7 heteroatoms. The van der Waals surface area contributed by atoms with Gasteiger partial charge in [-0.2, -0.15) is 0 Å². The van der Waals surface area contributed by atoms with Crippen molar-refractivity contribution < 1.29 is 4.92 Å². The number of aryl methyl sites for hydroxylation is 1. The van der Waals surface area contributed by atoms with Gasteiger partial charge in [-0.1, -0.05) is 0 Å². The van der Waals surface area contributed by atoms with E-state index in [0.29, 0.717) is 18.2 Å². The molecule has 1 aliphatic heterocycles. The van der Waals surface area contributed by atoms with Crippen LogP contribution in [0.15, 0.2) is 0 Å². The molecule has 2 N–H and O–H groups in total. The molecule has 0 aromatic carbocycles. The molecule has 0 bridgehead atoms. The molecule has 1 fully saturated rings. The van der Waals surface area contributed by atoms with Crippen LogP contribution in [-0.4, -0.2) is 33.6 Å². The van der Waals surface area contributed by atoms with Crippen molar-refractivity contribution in [1.29, 1.82) is 0 Å². The number of hydrogen-bond donors (Lipinski definition) is 2. The van der Waals surface area contributed by atoms with E-state index in [-0.39, 0.29) is 11.9 Å². The van der Waals surface area contributed by atoms with E-state index >= 15 is 0 Å². The summed E-state index contributed by atoms with van der Waals surface area (Å²) in [4.78, 5) is 14.6. The number of aromatic nitrogens is 2. The minimum absolute atomic E-state index is 0.0695. The van der Waals surface area contributed by atoms with Gasteiger partial charge in [-0.05, 0) is 36.2 Å². The molecule has 0 spiro atoms. The molecule has 2 heterocycles. The van der Waals surface area contributed by atoms with Crippen LogP contribution in [0.1, 0.15) is 25.6 Å². The van der Waals surface area contributed by atoms with Gasteiger partial charge in [0.05, 0.1) is 0 Å². The number of anilines is 1. The SMILES string of the molecule is CCn1c(C)nc([N+](=O)[O-])c1NC1CCCNC1. The lowest BCUT2D eigenvalue weighted by atomic mass is 10.1. The Morgan fingerprint density at radius 2 is 2.44 bits per heavy atom. The first kappa shape index (κ1) is 12.8. The molecule has 100 valence electrons. The van der Waals surface area contributed by atoms with Gasteiger partial charge in [0.25, 0.3) is 0 Å². The zero-order valence-corrected chi connectivity index (χ0v) is 10.8. The number of nitrogens with one attached hydrogen (secondary N) is 2. The van der Waals surface area contributed by atoms with Crippen molar-refractivity contribution in [3.05, 3.63) is 15.9 Å². The smallest absolute Gasteiger partial charge is 0.360 e. The van der Waals surface area contributed by atoms with Crippen LogP contribution in [0.4, 0.5) is 11.6 Å². The van der Waals surface area contributed by atoms with Gasteiger partial charge < -0.3 is 20.7 Å². The molecule has 18 heavy (non-hydrogen) atoms. The summed E-state index contributed by atoms with van der Waals surface area (Å²) in [5, 5.41) is 17.6. The Balaban J connectivity index is 2.25. The monoisotopic (exact) mass is 253 g/mol. The Labute approximate surface area is 106 Å². The first-order chi connectivity index (χ1) is 8.63. The number of hydrogen-bond acceptors (Lipinski definition) is 5. The van der Waals surface area contributed by atoms with Gasteiger partial charge in [0.1, 0.15) is 0 Å². The summed E-state index contributed by atoms with van der Waals surface area (Å²) < 4.78 is 1.85.